The van der Waals surface area contributed by atoms with Gasteiger partial charge in [-0.1, -0.05) is 24.3 Å². The molecule has 3 rings (SSSR count). The van der Waals surface area contributed by atoms with Crippen molar-refractivity contribution in [2.45, 2.75) is 26.9 Å². The van der Waals surface area contributed by atoms with Gasteiger partial charge in [-0.15, -0.1) is 0 Å². The van der Waals surface area contributed by atoms with Gasteiger partial charge in [0.1, 0.15) is 6.54 Å². The van der Waals surface area contributed by atoms with Crippen molar-refractivity contribution >= 4 is 46.5 Å². The van der Waals surface area contributed by atoms with Gasteiger partial charge in [-0.3, -0.25) is 19.3 Å². The minimum atomic E-state index is -1.12. The number of nitrogens with one attached hydrogen (secondary N) is 1. The summed E-state index contributed by atoms with van der Waals surface area (Å²) >= 11 is 0.732. The first-order valence-electron chi connectivity index (χ1n) is 10.3. The molecule has 1 saturated heterocycles. The number of carbonyl (C=O) groups is 4. The fourth-order valence-corrected chi connectivity index (χ4v) is 4.07. The highest BCUT2D eigenvalue weighted by Crippen LogP contribution is 2.35. The lowest BCUT2D eigenvalue weighted by molar-refractivity contribution is -0.144. The first-order valence-corrected chi connectivity index (χ1v) is 11.1. The number of imide groups is 1. The van der Waals surface area contributed by atoms with Crippen LogP contribution in [0.15, 0.2) is 41.3 Å². The van der Waals surface area contributed by atoms with Gasteiger partial charge in [0.05, 0.1) is 12.0 Å². The number of aliphatic carboxylic acids is 1. The van der Waals surface area contributed by atoms with Crippen LogP contribution in [0.3, 0.4) is 0 Å². The number of thioether (sulfide) groups is 1. The third-order valence-electron chi connectivity index (χ3n) is 5.06. The van der Waals surface area contributed by atoms with Crippen LogP contribution in [0.5, 0.6) is 11.5 Å². The molecule has 1 unspecified atom stereocenters. The molecule has 2 aromatic carbocycles. The highest BCUT2D eigenvalue weighted by molar-refractivity contribution is 8.18. The van der Waals surface area contributed by atoms with Gasteiger partial charge in [0.2, 0.25) is 5.91 Å². The minimum Gasteiger partial charge on any atom is -0.493 e. The lowest BCUT2D eigenvalue weighted by atomic mass is 10.1. The van der Waals surface area contributed by atoms with Gasteiger partial charge >= 0.3 is 5.97 Å². The summed E-state index contributed by atoms with van der Waals surface area (Å²) in [5.74, 6) is -1.68. The van der Waals surface area contributed by atoms with Crippen molar-refractivity contribution in [1.29, 1.82) is 0 Å². The van der Waals surface area contributed by atoms with Crippen molar-refractivity contribution in [3.8, 4) is 11.5 Å². The van der Waals surface area contributed by atoms with Crippen LogP contribution < -0.4 is 14.8 Å². The fraction of sp³-hybridized carbons (Fsp3) is 0.250. The molecular formula is C24H24N2O7S. The number of anilines is 1. The smallest absolute Gasteiger partial charge is 0.344 e. The van der Waals surface area contributed by atoms with E-state index in [2.05, 4.69) is 5.32 Å². The molecule has 0 radical (unpaired) electrons. The summed E-state index contributed by atoms with van der Waals surface area (Å²) in [5.41, 5.74) is 2.95. The maximum absolute atomic E-state index is 12.8. The summed E-state index contributed by atoms with van der Waals surface area (Å²) < 4.78 is 10.6. The summed E-state index contributed by atoms with van der Waals surface area (Å²) in [5, 5.41) is 11.2. The van der Waals surface area contributed by atoms with E-state index in [-0.39, 0.29) is 16.4 Å². The molecule has 0 aliphatic carbocycles. The molecule has 9 nitrogen and oxygen atoms in total. The predicted molar refractivity (Wildman–Crippen MR) is 128 cm³/mol. The molecule has 1 heterocycles. The van der Waals surface area contributed by atoms with Crippen molar-refractivity contribution in [3.05, 3.63) is 58.0 Å². The normalized spacial score (nSPS) is 15.4. The maximum Gasteiger partial charge on any atom is 0.344 e. The number of hydrogen-bond donors (Lipinski definition) is 2. The molecule has 0 aromatic heterocycles. The SMILES string of the molecule is COc1cc(/C=C2/SC(=O)N(CC(=O)Nc3c(C)cccc3C)C2=O)ccc1OC(C)C(=O)O. The minimum absolute atomic E-state index is 0.152. The molecule has 1 aliphatic rings. The highest BCUT2D eigenvalue weighted by atomic mass is 32.2. The van der Waals surface area contributed by atoms with Crippen molar-refractivity contribution in [3.63, 3.8) is 0 Å². The lowest BCUT2D eigenvalue weighted by Crippen LogP contribution is -2.36. The van der Waals surface area contributed by atoms with E-state index in [0.717, 1.165) is 27.8 Å². The number of methoxy groups -OCH3 is 1. The third-order valence-corrected chi connectivity index (χ3v) is 5.97. The summed E-state index contributed by atoms with van der Waals surface area (Å²) in [6.45, 7) is 4.71. The Balaban J connectivity index is 1.74. The van der Waals surface area contributed by atoms with Crippen LogP contribution >= 0.6 is 11.8 Å². The second-order valence-electron chi connectivity index (χ2n) is 7.59. The number of amides is 3. The average molecular weight is 485 g/mol. The zero-order chi connectivity index (χ0) is 25.0. The Labute approximate surface area is 200 Å². The van der Waals surface area contributed by atoms with E-state index in [1.54, 1.807) is 12.1 Å². The molecule has 0 spiro atoms. The highest BCUT2D eigenvalue weighted by Gasteiger charge is 2.36. The molecule has 1 fully saturated rings. The van der Waals surface area contributed by atoms with Crippen LogP contribution in [0.1, 0.15) is 23.6 Å². The third kappa shape index (κ3) is 5.57. The summed E-state index contributed by atoms with van der Waals surface area (Å²) in [4.78, 5) is 49.8. The molecule has 178 valence electrons. The number of carbonyl (C=O) groups excluding carboxylic acids is 3. The Morgan fingerprint density at radius 1 is 1.15 bits per heavy atom. The van der Waals surface area contributed by atoms with Crippen LogP contribution in [-0.4, -0.2) is 52.8 Å². The van der Waals surface area contributed by atoms with Crippen LogP contribution in [-0.2, 0) is 14.4 Å². The Kier molecular flexibility index (Phi) is 7.62. The summed E-state index contributed by atoms with van der Waals surface area (Å²) in [6, 6.07) is 10.3. The number of ether oxygens (including phenoxy) is 2. The lowest BCUT2D eigenvalue weighted by Gasteiger charge is -2.15. The van der Waals surface area contributed by atoms with E-state index < -0.39 is 35.7 Å². The molecular weight excluding hydrogens is 460 g/mol. The van der Waals surface area contributed by atoms with Crippen LogP contribution in [0.25, 0.3) is 6.08 Å². The molecule has 0 saturated carbocycles. The Morgan fingerprint density at radius 3 is 2.44 bits per heavy atom. The largest absolute Gasteiger partial charge is 0.493 e. The van der Waals surface area contributed by atoms with E-state index in [4.69, 9.17) is 14.6 Å². The average Bonchev–Trinajstić information content (AvgIpc) is 3.04. The van der Waals surface area contributed by atoms with Crippen molar-refractivity contribution in [2.75, 3.05) is 19.0 Å². The number of nitrogens with zero attached hydrogens (tertiary/aromatic N) is 1. The van der Waals surface area contributed by atoms with E-state index in [1.807, 2.05) is 32.0 Å². The topological polar surface area (TPSA) is 122 Å². The van der Waals surface area contributed by atoms with E-state index >= 15 is 0 Å². The first-order chi connectivity index (χ1) is 16.1. The van der Waals surface area contributed by atoms with Gasteiger partial charge < -0.3 is 19.9 Å². The van der Waals surface area contributed by atoms with Crippen LogP contribution in [0.4, 0.5) is 10.5 Å². The van der Waals surface area contributed by atoms with Gasteiger partial charge in [-0.05, 0) is 67.4 Å². The molecule has 34 heavy (non-hydrogen) atoms. The number of rotatable bonds is 8. The second-order valence-corrected chi connectivity index (χ2v) is 8.58. The number of hydrogen-bond acceptors (Lipinski definition) is 7. The molecule has 3 amide bonds. The van der Waals surface area contributed by atoms with Gasteiger partial charge in [0.15, 0.2) is 17.6 Å². The summed E-state index contributed by atoms with van der Waals surface area (Å²) in [7, 11) is 1.40. The van der Waals surface area contributed by atoms with Gasteiger partial charge in [-0.25, -0.2) is 4.79 Å². The molecule has 1 aliphatic heterocycles. The van der Waals surface area contributed by atoms with Gasteiger partial charge in [-0.2, -0.15) is 0 Å². The first kappa shape index (κ1) is 24.8. The quantitative estimate of drug-likeness (QED) is 0.542. The van der Waals surface area contributed by atoms with Gasteiger partial charge in [0.25, 0.3) is 11.1 Å². The van der Waals surface area contributed by atoms with E-state index in [1.165, 1.54) is 26.2 Å². The monoisotopic (exact) mass is 484 g/mol. The number of para-hydroxylation sites is 1. The van der Waals surface area contributed by atoms with E-state index in [0.29, 0.717) is 11.3 Å². The number of benzene rings is 2. The van der Waals surface area contributed by atoms with E-state index in [9.17, 15) is 19.2 Å². The Morgan fingerprint density at radius 2 is 1.82 bits per heavy atom. The van der Waals surface area contributed by atoms with Gasteiger partial charge in [0, 0.05) is 5.69 Å². The molecule has 1 atom stereocenters. The van der Waals surface area contributed by atoms with Crippen molar-refractivity contribution in [2.24, 2.45) is 0 Å². The Hall–Kier alpha value is -3.79. The van der Waals surface area contributed by atoms with Crippen molar-refractivity contribution < 1.29 is 33.8 Å². The molecule has 10 heteroatoms. The predicted octanol–water partition coefficient (Wildman–Crippen LogP) is 3.84. The van der Waals surface area contributed by atoms with Crippen LogP contribution in [0.2, 0.25) is 0 Å². The van der Waals surface area contributed by atoms with Crippen molar-refractivity contribution in [1.82, 2.24) is 4.90 Å². The Bertz CT molecular complexity index is 1170. The molecule has 2 aromatic rings. The molecule has 2 N–H and O–H groups in total. The molecule has 0 bridgehead atoms. The number of carboxylic acids is 1. The number of carboxylic acid groups (broad SMARTS) is 1. The van der Waals surface area contributed by atoms with Crippen LogP contribution in [0, 0.1) is 13.8 Å². The zero-order valence-electron chi connectivity index (χ0n) is 19.1. The maximum atomic E-state index is 12.8. The number of aryl methyl sites for hydroxylation is 2. The zero-order valence-corrected chi connectivity index (χ0v) is 19.9. The summed E-state index contributed by atoms with van der Waals surface area (Å²) in [6.07, 6.45) is 0.423. The second kappa shape index (κ2) is 10.4. The fourth-order valence-electron chi connectivity index (χ4n) is 3.23. The standard InChI is InChI=1S/C24H24N2O7S/c1-13-6-5-7-14(2)21(13)25-20(27)12-26-22(28)19(34-24(26)31)11-16-8-9-17(18(10-16)32-4)33-15(3)23(29)30/h5-11,15H,12H2,1-4H3,(H,25,27)(H,29,30)/b19-11+.